The number of aromatic amines is 1. The van der Waals surface area contributed by atoms with Crippen LogP contribution in [-0.2, 0) is 6.54 Å². The van der Waals surface area contributed by atoms with E-state index in [0.29, 0.717) is 28.6 Å². The Kier molecular flexibility index (Phi) is 5.01. The third-order valence-electron chi connectivity index (χ3n) is 5.34. The third kappa shape index (κ3) is 3.89. The number of nitrogens with zero attached hydrogens (tertiary/aromatic N) is 2. The summed E-state index contributed by atoms with van der Waals surface area (Å²) in [7, 11) is 0. The highest BCUT2D eigenvalue weighted by molar-refractivity contribution is 5.79. The number of fused-ring (bicyclic) bond motifs is 1. The van der Waals surface area contributed by atoms with Crippen LogP contribution in [0.3, 0.4) is 0 Å². The Morgan fingerprint density at radius 2 is 2.03 bits per heavy atom. The molecule has 0 amide bonds. The van der Waals surface area contributed by atoms with Crippen molar-refractivity contribution in [2.75, 3.05) is 0 Å². The van der Waals surface area contributed by atoms with Gasteiger partial charge in [0.2, 0.25) is 0 Å². The van der Waals surface area contributed by atoms with E-state index in [-0.39, 0.29) is 28.9 Å². The third-order valence-corrected chi connectivity index (χ3v) is 5.34. The summed E-state index contributed by atoms with van der Waals surface area (Å²) in [6.07, 6.45) is 5.03. The standard InChI is InChI=1S/C23H19F2N3O4/c24-23(25)32-19-7-4-13(10-20(19)31-15-5-6-15)21-14(2-1-3-18(21)29)12-28-9-8-16-17(28)11-26-27-22(16)30/h1-4,7-11,15,23,29H,5-6,12H2,(H,27,30). The molecule has 7 nitrogen and oxygen atoms in total. The quantitative estimate of drug-likeness (QED) is 0.449. The molecule has 1 aliphatic carbocycles. The average molecular weight is 439 g/mol. The monoisotopic (exact) mass is 439 g/mol. The number of phenolic OH excluding ortho intramolecular Hbond substituents is 1. The van der Waals surface area contributed by atoms with Crippen LogP contribution >= 0.6 is 0 Å². The summed E-state index contributed by atoms with van der Waals surface area (Å²) < 4.78 is 37.9. The van der Waals surface area contributed by atoms with Crippen molar-refractivity contribution in [3.63, 3.8) is 0 Å². The summed E-state index contributed by atoms with van der Waals surface area (Å²) in [5.41, 5.74) is 2.28. The Morgan fingerprint density at radius 1 is 1.19 bits per heavy atom. The van der Waals surface area contributed by atoms with Gasteiger partial charge in [0.1, 0.15) is 5.75 Å². The molecule has 9 heteroatoms. The number of alkyl halides is 2. The molecular formula is C23H19F2N3O4. The van der Waals surface area contributed by atoms with Crippen LogP contribution in [0.15, 0.2) is 59.7 Å². The molecular weight excluding hydrogens is 420 g/mol. The molecule has 0 bridgehead atoms. The molecule has 2 aromatic heterocycles. The van der Waals surface area contributed by atoms with Gasteiger partial charge in [-0.3, -0.25) is 4.79 Å². The van der Waals surface area contributed by atoms with E-state index in [1.807, 2.05) is 10.6 Å². The summed E-state index contributed by atoms with van der Waals surface area (Å²) in [6.45, 7) is -2.62. The molecule has 0 atom stereocenters. The topological polar surface area (TPSA) is 89.4 Å². The van der Waals surface area contributed by atoms with Gasteiger partial charge >= 0.3 is 6.61 Å². The lowest BCUT2D eigenvalue weighted by Crippen LogP contribution is -2.08. The van der Waals surface area contributed by atoms with Crippen LogP contribution in [0, 0.1) is 0 Å². The van der Waals surface area contributed by atoms with Crippen LogP contribution in [0.2, 0.25) is 0 Å². The molecule has 0 aliphatic heterocycles. The Hall–Kier alpha value is -3.88. The Balaban J connectivity index is 1.56. The van der Waals surface area contributed by atoms with Crippen molar-refractivity contribution >= 4 is 10.9 Å². The van der Waals surface area contributed by atoms with Crippen molar-refractivity contribution in [3.8, 4) is 28.4 Å². The number of hydrogen-bond donors (Lipinski definition) is 2. The predicted molar refractivity (Wildman–Crippen MR) is 113 cm³/mol. The smallest absolute Gasteiger partial charge is 0.387 e. The first-order chi connectivity index (χ1) is 15.5. The minimum atomic E-state index is -2.97. The fraction of sp³-hybridized carbons (Fsp3) is 0.217. The zero-order valence-corrected chi connectivity index (χ0v) is 16.8. The average Bonchev–Trinajstić information content (AvgIpc) is 3.48. The van der Waals surface area contributed by atoms with Gasteiger partial charge < -0.3 is 19.1 Å². The van der Waals surface area contributed by atoms with Crippen LogP contribution in [-0.4, -0.2) is 32.6 Å². The molecule has 0 radical (unpaired) electrons. The number of phenols is 1. The maximum Gasteiger partial charge on any atom is 0.387 e. The van der Waals surface area contributed by atoms with Gasteiger partial charge in [-0.2, -0.15) is 13.9 Å². The van der Waals surface area contributed by atoms with Crippen LogP contribution in [0.25, 0.3) is 22.0 Å². The Labute approximate surface area is 180 Å². The number of benzene rings is 2. The zero-order valence-electron chi connectivity index (χ0n) is 16.8. The number of nitrogens with one attached hydrogen (secondary N) is 1. The molecule has 0 saturated heterocycles. The number of H-pyrrole nitrogens is 1. The summed E-state index contributed by atoms with van der Waals surface area (Å²) in [6, 6.07) is 11.5. The highest BCUT2D eigenvalue weighted by Gasteiger charge is 2.26. The van der Waals surface area contributed by atoms with Crippen LogP contribution in [0.5, 0.6) is 17.2 Å². The van der Waals surface area contributed by atoms with E-state index in [9.17, 15) is 18.7 Å². The van der Waals surface area contributed by atoms with E-state index >= 15 is 0 Å². The summed E-state index contributed by atoms with van der Waals surface area (Å²) in [5.74, 6) is 0.200. The van der Waals surface area contributed by atoms with E-state index in [4.69, 9.17) is 4.74 Å². The molecule has 5 rings (SSSR count). The van der Waals surface area contributed by atoms with Crippen molar-refractivity contribution < 1.29 is 23.4 Å². The molecule has 1 aliphatic rings. The first kappa shape index (κ1) is 20.0. The van der Waals surface area contributed by atoms with Gasteiger partial charge in [-0.1, -0.05) is 18.2 Å². The van der Waals surface area contributed by atoms with Crippen LogP contribution < -0.4 is 15.0 Å². The fourth-order valence-corrected chi connectivity index (χ4v) is 3.72. The molecule has 2 N–H and O–H groups in total. The van der Waals surface area contributed by atoms with Crippen molar-refractivity contribution in [1.29, 1.82) is 0 Å². The molecule has 164 valence electrons. The van der Waals surface area contributed by atoms with Crippen molar-refractivity contribution in [2.24, 2.45) is 0 Å². The lowest BCUT2D eigenvalue weighted by atomic mass is 9.98. The number of aromatic hydroxyl groups is 1. The second-order valence-electron chi connectivity index (χ2n) is 7.61. The normalized spacial score (nSPS) is 13.6. The van der Waals surface area contributed by atoms with Crippen LogP contribution in [0.1, 0.15) is 18.4 Å². The molecule has 0 spiro atoms. The minimum Gasteiger partial charge on any atom is -0.507 e. The molecule has 1 saturated carbocycles. The number of ether oxygens (including phenoxy) is 2. The summed E-state index contributed by atoms with van der Waals surface area (Å²) in [5, 5.41) is 17.4. The van der Waals surface area contributed by atoms with Crippen molar-refractivity contribution in [3.05, 3.63) is 70.8 Å². The van der Waals surface area contributed by atoms with Crippen molar-refractivity contribution in [1.82, 2.24) is 14.8 Å². The SMILES string of the molecule is O=c1[nH]ncc2c1ccn2Cc1cccc(O)c1-c1ccc(OC(F)F)c(OC2CC2)c1. The van der Waals surface area contributed by atoms with E-state index in [1.165, 1.54) is 6.07 Å². The highest BCUT2D eigenvalue weighted by atomic mass is 19.3. The Bertz CT molecular complexity index is 1340. The molecule has 2 heterocycles. The summed E-state index contributed by atoms with van der Waals surface area (Å²) in [4.78, 5) is 12.0. The number of hydrogen-bond acceptors (Lipinski definition) is 5. The van der Waals surface area contributed by atoms with Gasteiger partial charge in [0.25, 0.3) is 5.56 Å². The van der Waals surface area contributed by atoms with Gasteiger partial charge in [0.05, 0.1) is 23.2 Å². The first-order valence-corrected chi connectivity index (χ1v) is 10.1. The largest absolute Gasteiger partial charge is 0.507 e. The molecule has 0 unspecified atom stereocenters. The lowest BCUT2D eigenvalue weighted by Gasteiger charge is -2.16. The maximum absolute atomic E-state index is 12.8. The van der Waals surface area contributed by atoms with Gasteiger partial charge in [0.15, 0.2) is 11.5 Å². The maximum atomic E-state index is 12.8. The van der Waals surface area contributed by atoms with Gasteiger partial charge in [-0.05, 0) is 48.2 Å². The van der Waals surface area contributed by atoms with E-state index in [0.717, 1.165) is 18.4 Å². The predicted octanol–water partition coefficient (Wildman–Crippen LogP) is 4.29. The molecule has 32 heavy (non-hydrogen) atoms. The zero-order chi connectivity index (χ0) is 22.2. The molecule has 2 aromatic carbocycles. The van der Waals surface area contributed by atoms with E-state index < -0.39 is 6.61 Å². The second kappa shape index (κ2) is 7.99. The molecule has 4 aromatic rings. The van der Waals surface area contributed by atoms with Crippen LogP contribution in [0.4, 0.5) is 8.78 Å². The van der Waals surface area contributed by atoms with Crippen molar-refractivity contribution in [2.45, 2.75) is 32.1 Å². The van der Waals surface area contributed by atoms with E-state index in [1.54, 1.807) is 42.7 Å². The van der Waals surface area contributed by atoms with Gasteiger partial charge in [0, 0.05) is 18.3 Å². The highest BCUT2D eigenvalue weighted by Crippen LogP contribution is 2.41. The second-order valence-corrected chi connectivity index (χ2v) is 7.61. The number of aromatic nitrogens is 3. The van der Waals surface area contributed by atoms with Gasteiger partial charge in [-0.15, -0.1) is 0 Å². The summed E-state index contributed by atoms with van der Waals surface area (Å²) >= 11 is 0. The van der Waals surface area contributed by atoms with Gasteiger partial charge in [-0.25, -0.2) is 5.10 Å². The number of halogens is 2. The Morgan fingerprint density at radius 3 is 2.81 bits per heavy atom. The lowest BCUT2D eigenvalue weighted by molar-refractivity contribution is -0.0516. The minimum absolute atomic E-state index is 0.0223. The number of rotatable bonds is 7. The first-order valence-electron chi connectivity index (χ1n) is 10.1. The molecule has 1 fully saturated rings. The fourth-order valence-electron chi connectivity index (χ4n) is 3.72. The van der Waals surface area contributed by atoms with E-state index in [2.05, 4.69) is 14.9 Å².